The Morgan fingerprint density at radius 1 is 1.42 bits per heavy atom. The molecular formula is C10H22N2. The molecule has 0 saturated carbocycles. The van der Waals surface area contributed by atoms with E-state index in [0.717, 1.165) is 6.54 Å². The highest BCUT2D eigenvalue weighted by molar-refractivity contribution is 4.78. The van der Waals surface area contributed by atoms with Crippen LogP contribution in [-0.2, 0) is 0 Å². The molecule has 1 atom stereocenters. The molecule has 1 aliphatic rings. The largest absolute Gasteiger partial charge is 0.327 e. The van der Waals surface area contributed by atoms with Crippen molar-refractivity contribution in [2.24, 2.45) is 11.1 Å². The Hall–Kier alpha value is -0.0800. The van der Waals surface area contributed by atoms with E-state index in [0.29, 0.717) is 11.5 Å². The van der Waals surface area contributed by atoms with Crippen LogP contribution >= 0.6 is 0 Å². The molecule has 0 aromatic carbocycles. The average Bonchev–Trinajstić information content (AvgIpc) is 1.82. The minimum Gasteiger partial charge on any atom is -0.327 e. The van der Waals surface area contributed by atoms with Gasteiger partial charge < -0.3 is 10.6 Å². The molecule has 0 radical (unpaired) electrons. The summed E-state index contributed by atoms with van der Waals surface area (Å²) < 4.78 is 0. The van der Waals surface area contributed by atoms with Crippen molar-refractivity contribution in [1.29, 1.82) is 0 Å². The Morgan fingerprint density at radius 3 is 2.58 bits per heavy atom. The van der Waals surface area contributed by atoms with Crippen LogP contribution in [-0.4, -0.2) is 30.6 Å². The lowest BCUT2D eigenvalue weighted by Crippen LogP contribution is -2.45. The van der Waals surface area contributed by atoms with Gasteiger partial charge >= 0.3 is 0 Å². The molecule has 1 fully saturated rings. The van der Waals surface area contributed by atoms with E-state index in [-0.39, 0.29) is 0 Å². The predicted molar refractivity (Wildman–Crippen MR) is 53.1 cm³/mol. The van der Waals surface area contributed by atoms with Crippen LogP contribution < -0.4 is 5.73 Å². The summed E-state index contributed by atoms with van der Waals surface area (Å²) in [5.74, 6) is 0. The van der Waals surface area contributed by atoms with Crippen molar-refractivity contribution in [3.63, 3.8) is 0 Å². The summed E-state index contributed by atoms with van der Waals surface area (Å²) in [6.07, 6.45) is 2.48. The Morgan fingerprint density at radius 2 is 2.08 bits per heavy atom. The van der Waals surface area contributed by atoms with Gasteiger partial charge in [0.05, 0.1) is 0 Å². The van der Waals surface area contributed by atoms with Gasteiger partial charge in [0, 0.05) is 19.1 Å². The molecule has 2 nitrogen and oxygen atoms in total. The Bertz CT molecular complexity index is 137. The maximum atomic E-state index is 5.90. The number of nitrogens with two attached hydrogens (primary N) is 1. The van der Waals surface area contributed by atoms with Gasteiger partial charge in [-0.15, -0.1) is 0 Å². The molecule has 1 heterocycles. The molecule has 0 unspecified atom stereocenters. The molecule has 1 aliphatic heterocycles. The summed E-state index contributed by atoms with van der Waals surface area (Å²) in [5, 5.41) is 0. The lowest BCUT2D eigenvalue weighted by molar-refractivity contribution is 0.152. The van der Waals surface area contributed by atoms with Crippen LogP contribution in [0.4, 0.5) is 0 Å². The van der Waals surface area contributed by atoms with Crippen LogP contribution in [0.25, 0.3) is 0 Å². The van der Waals surface area contributed by atoms with Gasteiger partial charge in [0.1, 0.15) is 0 Å². The fourth-order valence-corrected chi connectivity index (χ4v) is 1.91. The molecule has 0 aromatic heterocycles. The second-order valence-corrected chi connectivity index (χ2v) is 5.20. The highest BCUT2D eigenvalue weighted by atomic mass is 15.1. The van der Waals surface area contributed by atoms with E-state index in [9.17, 15) is 0 Å². The van der Waals surface area contributed by atoms with Gasteiger partial charge in [0.25, 0.3) is 0 Å². The Balaban J connectivity index is 2.32. The van der Waals surface area contributed by atoms with E-state index < -0.39 is 0 Å². The molecule has 12 heavy (non-hydrogen) atoms. The van der Waals surface area contributed by atoms with Gasteiger partial charge in [-0.25, -0.2) is 0 Å². The zero-order chi connectivity index (χ0) is 9.19. The van der Waals surface area contributed by atoms with Gasteiger partial charge in [-0.2, -0.15) is 0 Å². The molecule has 0 spiro atoms. The molecule has 0 bridgehead atoms. The lowest BCUT2D eigenvalue weighted by atomic mass is 9.94. The zero-order valence-electron chi connectivity index (χ0n) is 8.64. The first-order valence-corrected chi connectivity index (χ1v) is 4.95. The molecular weight excluding hydrogens is 148 g/mol. The van der Waals surface area contributed by atoms with Crippen molar-refractivity contribution >= 4 is 0 Å². The minimum absolute atomic E-state index is 0.414. The summed E-state index contributed by atoms with van der Waals surface area (Å²) in [6, 6.07) is 0.418. The van der Waals surface area contributed by atoms with Gasteiger partial charge in [-0.1, -0.05) is 20.8 Å². The fourth-order valence-electron chi connectivity index (χ4n) is 1.91. The number of hydrogen-bond acceptors (Lipinski definition) is 2. The first-order valence-electron chi connectivity index (χ1n) is 4.95. The van der Waals surface area contributed by atoms with Crippen molar-refractivity contribution in [2.75, 3.05) is 19.6 Å². The number of piperidine rings is 1. The Labute approximate surface area is 76.1 Å². The quantitative estimate of drug-likeness (QED) is 0.645. The molecule has 1 rings (SSSR count). The van der Waals surface area contributed by atoms with Crippen molar-refractivity contribution in [1.82, 2.24) is 4.90 Å². The monoisotopic (exact) mass is 170 g/mol. The maximum Gasteiger partial charge on any atom is 0.0168 e. The topological polar surface area (TPSA) is 29.3 Å². The van der Waals surface area contributed by atoms with E-state index >= 15 is 0 Å². The van der Waals surface area contributed by atoms with Crippen LogP contribution in [0.2, 0.25) is 0 Å². The number of likely N-dealkylation sites (tertiary alicyclic amines) is 1. The van der Waals surface area contributed by atoms with Crippen LogP contribution in [0.5, 0.6) is 0 Å². The van der Waals surface area contributed by atoms with Crippen molar-refractivity contribution in [3.05, 3.63) is 0 Å². The standard InChI is InChI=1S/C10H22N2/c1-10(2,3)8-12-6-4-5-9(11)7-12/h9H,4-8,11H2,1-3H3/t9-/m1/s1. The fraction of sp³-hybridized carbons (Fsp3) is 1.00. The van der Waals surface area contributed by atoms with Crippen molar-refractivity contribution in [3.8, 4) is 0 Å². The lowest BCUT2D eigenvalue weighted by Gasteiger charge is -2.35. The first kappa shape index (κ1) is 10.0. The average molecular weight is 170 g/mol. The molecule has 0 aromatic rings. The van der Waals surface area contributed by atoms with Crippen molar-refractivity contribution < 1.29 is 0 Å². The van der Waals surface area contributed by atoms with Crippen LogP contribution in [0.1, 0.15) is 33.6 Å². The maximum absolute atomic E-state index is 5.90. The third-order valence-electron chi connectivity index (χ3n) is 2.24. The smallest absolute Gasteiger partial charge is 0.0168 e. The van der Waals surface area contributed by atoms with Crippen LogP contribution in [0.3, 0.4) is 0 Å². The summed E-state index contributed by atoms with van der Waals surface area (Å²) >= 11 is 0. The van der Waals surface area contributed by atoms with E-state index in [2.05, 4.69) is 25.7 Å². The third-order valence-corrected chi connectivity index (χ3v) is 2.24. The third kappa shape index (κ3) is 3.55. The van der Waals surface area contributed by atoms with Crippen LogP contribution in [0, 0.1) is 5.41 Å². The normalized spacial score (nSPS) is 27.5. The van der Waals surface area contributed by atoms with Gasteiger partial charge in [-0.3, -0.25) is 0 Å². The molecule has 0 aliphatic carbocycles. The molecule has 0 amide bonds. The summed E-state index contributed by atoms with van der Waals surface area (Å²) in [5.41, 5.74) is 6.32. The van der Waals surface area contributed by atoms with E-state index in [4.69, 9.17) is 5.73 Å². The zero-order valence-corrected chi connectivity index (χ0v) is 8.64. The Kier molecular flexibility index (Phi) is 3.13. The van der Waals surface area contributed by atoms with Gasteiger partial charge in [0.2, 0.25) is 0 Å². The number of nitrogens with zero attached hydrogens (tertiary/aromatic N) is 1. The highest BCUT2D eigenvalue weighted by Gasteiger charge is 2.21. The van der Waals surface area contributed by atoms with E-state index in [1.807, 2.05) is 0 Å². The molecule has 2 heteroatoms. The second kappa shape index (κ2) is 3.75. The number of hydrogen-bond donors (Lipinski definition) is 1. The van der Waals surface area contributed by atoms with Gasteiger partial charge in [-0.05, 0) is 24.8 Å². The molecule has 1 saturated heterocycles. The second-order valence-electron chi connectivity index (χ2n) is 5.20. The minimum atomic E-state index is 0.414. The van der Waals surface area contributed by atoms with Crippen LogP contribution in [0.15, 0.2) is 0 Å². The summed E-state index contributed by atoms with van der Waals surface area (Å²) in [7, 11) is 0. The SMILES string of the molecule is CC(C)(C)CN1CCC[C@@H](N)C1. The van der Waals surface area contributed by atoms with E-state index in [1.165, 1.54) is 25.9 Å². The highest BCUT2D eigenvalue weighted by Crippen LogP contribution is 2.18. The van der Waals surface area contributed by atoms with E-state index in [1.54, 1.807) is 0 Å². The van der Waals surface area contributed by atoms with Gasteiger partial charge in [0.15, 0.2) is 0 Å². The number of rotatable bonds is 1. The molecule has 72 valence electrons. The summed E-state index contributed by atoms with van der Waals surface area (Å²) in [6.45, 7) is 10.4. The predicted octanol–water partition coefficient (Wildman–Crippen LogP) is 1.46. The molecule has 2 N–H and O–H groups in total. The first-order chi connectivity index (χ1) is 5.47. The van der Waals surface area contributed by atoms with Crippen molar-refractivity contribution in [2.45, 2.75) is 39.7 Å². The summed E-state index contributed by atoms with van der Waals surface area (Å²) in [4.78, 5) is 2.49.